The van der Waals surface area contributed by atoms with Crippen molar-refractivity contribution in [2.45, 2.75) is 13.5 Å². The van der Waals surface area contributed by atoms with E-state index in [4.69, 9.17) is 0 Å². The molecule has 0 aliphatic heterocycles. The van der Waals surface area contributed by atoms with E-state index >= 15 is 0 Å². The fourth-order valence-electron chi connectivity index (χ4n) is 1.02. The lowest BCUT2D eigenvalue weighted by Crippen LogP contribution is -2.20. The number of halogens is 2. The van der Waals surface area contributed by atoms with Gasteiger partial charge in [-0.2, -0.15) is 0 Å². The normalized spacial score (nSPS) is 13.0. The Bertz CT molecular complexity index is 321. The predicted octanol–water partition coefficient (Wildman–Crippen LogP) is 3.13. The minimum atomic E-state index is -0.662. The Hall–Kier alpha value is 0.770. The minimum Gasteiger partial charge on any atom is -0.311 e. The number of thiophene rings is 1. The largest absolute Gasteiger partial charge is 0.311 e. The minimum absolute atomic E-state index is 0.662. The van der Waals surface area contributed by atoms with Gasteiger partial charge < -0.3 is 5.32 Å². The van der Waals surface area contributed by atoms with Gasteiger partial charge >= 0.3 is 0 Å². The van der Waals surface area contributed by atoms with E-state index in [1.54, 1.807) is 11.3 Å². The van der Waals surface area contributed by atoms with Crippen molar-refractivity contribution in [2.75, 3.05) is 18.1 Å². The quantitative estimate of drug-likeness (QED) is 0.775. The third kappa shape index (κ3) is 5.08. The fourth-order valence-corrected chi connectivity index (χ4v) is 3.83. The molecule has 1 heterocycles. The van der Waals surface area contributed by atoms with Crippen molar-refractivity contribution in [1.29, 1.82) is 0 Å². The molecular formula is C9H13Br2NOS2. The molecule has 1 aromatic heterocycles. The zero-order valence-electron chi connectivity index (χ0n) is 8.39. The van der Waals surface area contributed by atoms with Gasteiger partial charge in [-0.3, -0.25) is 4.21 Å². The molecule has 0 bridgehead atoms. The number of hydrogen-bond acceptors (Lipinski definition) is 3. The summed E-state index contributed by atoms with van der Waals surface area (Å²) in [6, 6.07) is 2.10. The molecule has 0 amide bonds. The lowest BCUT2D eigenvalue weighted by molar-refractivity contribution is 0.675. The van der Waals surface area contributed by atoms with Crippen molar-refractivity contribution in [3.05, 3.63) is 19.2 Å². The molecule has 0 spiro atoms. The Kier molecular flexibility index (Phi) is 6.61. The molecule has 0 aliphatic rings. The van der Waals surface area contributed by atoms with Gasteiger partial charge in [-0.05, 0) is 37.9 Å². The highest BCUT2D eigenvalue weighted by molar-refractivity contribution is 9.13. The molecule has 1 aromatic rings. The standard InChI is InChI=1S/C9H13Br2NOS2/c1-2-15(13)4-3-12-6-7-5-8(10)9(11)14-7/h5,12H,2-4,6H2,1H3. The molecule has 0 radical (unpaired) electrons. The van der Waals surface area contributed by atoms with Crippen molar-refractivity contribution in [2.24, 2.45) is 0 Å². The van der Waals surface area contributed by atoms with Crippen LogP contribution >= 0.6 is 43.2 Å². The van der Waals surface area contributed by atoms with Crippen molar-refractivity contribution >= 4 is 54.0 Å². The average molecular weight is 375 g/mol. The lowest BCUT2D eigenvalue weighted by Gasteiger charge is -2.01. The summed E-state index contributed by atoms with van der Waals surface area (Å²) in [7, 11) is -0.662. The van der Waals surface area contributed by atoms with Crippen molar-refractivity contribution < 1.29 is 4.21 Å². The van der Waals surface area contributed by atoms with Crippen LogP contribution in [0.15, 0.2) is 14.3 Å². The summed E-state index contributed by atoms with van der Waals surface area (Å²) in [5.41, 5.74) is 0. The van der Waals surface area contributed by atoms with Gasteiger partial charge in [0.15, 0.2) is 0 Å². The summed E-state index contributed by atoms with van der Waals surface area (Å²) in [4.78, 5) is 1.27. The summed E-state index contributed by atoms with van der Waals surface area (Å²) in [6.45, 7) is 3.60. The van der Waals surface area contributed by atoms with E-state index in [-0.39, 0.29) is 0 Å². The highest BCUT2D eigenvalue weighted by Crippen LogP contribution is 2.32. The maximum atomic E-state index is 11.1. The Balaban J connectivity index is 2.23. The van der Waals surface area contributed by atoms with Crippen molar-refractivity contribution in [3.8, 4) is 0 Å². The molecule has 0 fully saturated rings. The maximum absolute atomic E-state index is 11.1. The van der Waals surface area contributed by atoms with E-state index < -0.39 is 10.8 Å². The summed E-state index contributed by atoms with van der Waals surface area (Å²) < 4.78 is 13.4. The molecule has 0 aliphatic carbocycles. The Morgan fingerprint density at radius 3 is 2.80 bits per heavy atom. The molecule has 1 atom stereocenters. The van der Waals surface area contributed by atoms with Crippen LogP contribution in [-0.2, 0) is 17.3 Å². The maximum Gasteiger partial charge on any atom is 0.0843 e. The summed E-state index contributed by atoms with van der Waals surface area (Å²) in [5, 5.41) is 3.28. The van der Waals surface area contributed by atoms with Crippen LogP contribution < -0.4 is 5.32 Å². The summed E-state index contributed by atoms with van der Waals surface area (Å²) >= 11 is 8.61. The highest BCUT2D eigenvalue weighted by Gasteiger charge is 2.03. The van der Waals surface area contributed by atoms with Crippen LogP contribution in [0, 0.1) is 0 Å². The molecule has 1 rings (SSSR count). The first-order chi connectivity index (χ1) is 7.13. The van der Waals surface area contributed by atoms with E-state index in [1.165, 1.54) is 4.88 Å². The Morgan fingerprint density at radius 2 is 2.27 bits per heavy atom. The van der Waals surface area contributed by atoms with Gasteiger partial charge in [-0.25, -0.2) is 0 Å². The molecule has 2 nitrogen and oxygen atoms in total. The van der Waals surface area contributed by atoms with Crippen LogP contribution in [0.1, 0.15) is 11.8 Å². The van der Waals surface area contributed by atoms with Gasteiger partial charge in [0.05, 0.1) is 3.79 Å². The van der Waals surface area contributed by atoms with Crippen LogP contribution in [0.3, 0.4) is 0 Å². The third-order valence-electron chi connectivity index (χ3n) is 1.82. The first-order valence-corrected chi connectivity index (χ1v) is 8.52. The van der Waals surface area contributed by atoms with Crippen molar-refractivity contribution in [3.63, 3.8) is 0 Å². The monoisotopic (exact) mass is 373 g/mol. The van der Waals surface area contributed by atoms with Crippen molar-refractivity contribution in [1.82, 2.24) is 5.32 Å². The number of hydrogen-bond donors (Lipinski definition) is 1. The third-order valence-corrected chi connectivity index (χ3v) is 6.38. The summed E-state index contributed by atoms with van der Waals surface area (Å²) in [6.07, 6.45) is 0. The number of rotatable bonds is 6. The van der Waals surface area contributed by atoms with Gasteiger partial charge in [0.1, 0.15) is 0 Å². The van der Waals surface area contributed by atoms with Crippen LogP contribution in [0.25, 0.3) is 0 Å². The van der Waals surface area contributed by atoms with Crippen LogP contribution in [0.5, 0.6) is 0 Å². The highest BCUT2D eigenvalue weighted by atomic mass is 79.9. The van der Waals surface area contributed by atoms with Crippen LogP contribution in [0.4, 0.5) is 0 Å². The second-order valence-electron chi connectivity index (χ2n) is 2.94. The molecule has 0 saturated carbocycles. The summed E-state index contributed by atoms with van der Waals surface area (Å²) in [5.74, 6) is 1.49. The van der Waals surface area contributed by atoms with E-state index in [9.17, 15) is 4.21 Å². The average Bonchev–Trinajstić information content (AvgIpc) is 2.53. The zero-order chi connectivity index (χ0) is 11.3. The first kappa shape index (κ1) is 13.8. The number of nitrogens with one attached hydrogen (secondary N) is 1. The Labute approximate surface area is 114 Å². The van der Waals surface area contributed by atoms with Gasteiger partial charge in [0.2, 0.25) is 0 Å². The zero-order valence-corrected chi connectivity index (χ0v) is 13.2. The van der Waals surface area contributed by atoms with Gasteiger partial charge in [-0.1, -0.05) is 6.92 Å². The molecule has 6 heteroatoms. The van der Waals surface area contributed by atoms with Gasteiger partial charge in [0, 0.05) is 44.7 Å². The molecule has 0 saturated heterocycles. The van der Waals surface area contributed by atoms with Crippen LogP contribution in [0.2, 0.25) is 0 Å². The molecular weight excluding hydrogens is 362 g/mol. The molecule has 0 aromatic carbocycles. The molecule has 86 valence electrons. The van der Waals surface area contributed by atoms with E-state index in [0.717, 1.165) is 32.9 Å². The van der Waals surface area contributed by atoms with Gasteiger partial charge in [0.25, 0.3) is 0 Å². The van der Waals surface area contributed by atoms with Crippen LogP contribution in [-0.4, -0.2) is 22.3 Å². The molecule has 1 unspecified atom stereocenters. The topological polar surface area (TPSA) is 29.1 Å². The predicted molar refractivity (Wildman–Crippen MR) is 75.0 cm³/mol. The Morgan fingerprint density at radius 1 is 1.53 bits per heavy atom. The van der Waals surface area contributed by atoms with E-state index in [1.807, 2.05) is 6.92 Å². The first-order valence-electron chi connectivity index (χ1n) is 4.63. The fraction of sp³-hybridized carbons (Fsp3) is 0.556. The second kappa shape index (κ2) is 7.17. The lowest BCUT2D eigenvalue weighted by atomic mass is 10.4. The smallest absolute Gasteiger partial charge is 0.0843 e. The molecule has 1 N–H and O–H groups in total. The second-order valence-corrected chi connectivity index (χ2v) is 8.12. The molecule has 15 heavy (non-hydrogen) atoms. The van der Waals surface area contributed by atoms with E-state index in [2.05, 4.69) is 43.2 Å². The SMILES string of the molecule is CCS(=O)CCNCc1cc(Br)c(Br)s1. The van der Waals surface area contributed by atoms with Gasteiger partial charge in [-0.15, -0.1) is 11.3 Å². The van der Waals surface area contributed by atoms with E-state index in [0.29, 0.717) is 0 Å².